The average Bonchev–Trinajstić information content (AvgIpc) is 2.38. The van der Waals surface area contributed by atoms with Crippen LogP contribution in [0.25, 0.3) is 0 Å². The molecule has 2 fully saturated rings. The summed E-state index contributed by atoms with van der Waals surface area (Å²) in [7, 11) is 0. The van der Waals surface area contributed by atoms with Crippen LogP contribution in [0.1, 0.15) is 25.7 Å². The number of carboxylic acids is 1. The number of rotatable bonds is 3. The van der Waals surface area contributed by atoms with E-state index in [2.05, 4.69) is 4.90 Å². The van der Waals surface area contributed by atoms with Gasteiger partial charge < -0.3 is 5.11 Å². The predicted molar refractivity (Wildman–Crippen MR) is 57.9 cm³/mol. The van der Waals surface area contributed by atoms with Crippen molar-refractivity contribution < 1.29 is 9.90 Å². The molecule has 15 heavy (non-hydrogen) atoms. The van der Waals surface area contributed by atoms with Gasteiger partial charge >= 0.3 is 5.97 Å². The minimum atomic E-state index is -0.704. The van der Waals surface area contributed by atoms with E-state index in [1.54, 1.807) is 0 Å². The highest BCUT2D eigenvalue weighted by molar-refractivity contribution is 5.69. The molecule has 0 amide bonds. The summed E-state index contributed by atoms with van der Waals surface area (Å²) in [5, 5.41) is 8.64. The SMILES string of the molecule is O=C(O)CN1CC(N2CCCCCC2)C1. The van der Waals surface area contributed by atoms with Gasteiger partial charge in [0.1, 0.15) is 0 Å². The smallest absolute Gasteiger partial charge is 0.317 e. The van der Waals surface area contributed by atoms with Crippen LogP contribution in [0.4, 0.5) is 0 Å². The highest BCUT2D eigenvalue weighted by Crippen LogP contribution is 2.19. The summed E-state index contributed by atoms with van der Waals surface area (Å²) < 4.78 is 0. The Balaban J connectivity index is 1.70. The summed E-state index contributed by atoms with van der Waals surface area (Å²) in [6, 6.07) is 0.627. The van der Waals surface area contributed by atoms with Gasteiger partial charge in [-0.3, -0.25) is 14.6 Å². The number of likely N-dealkylation sites (tertiary alicyclic amines) is 2. The first-order valence-electron chi connectivity index (χ1n) is 5.94. The zero-order chi connectivity index (χ0) is 10.7. The van der Waals surface area contributed by atoms with Gasteiger partial charge in [-0.25, -0.2) is 0 Å². The van der Waals surface area contributed by atoms with Crippen molar-refractivity contribution in [2.24, 2.45) is 0 Å². The zero-order valence-electron chi connectivity index (χ0n) is 9.19. The molecule has 0 aliphatic carbocycles. The summed E-state index contributed by atoms with van der Waals surface area (Å²) in [6.45, 7) is 4.54. The van der Waals surface area contributed by atoms with Gasteiger partial charge in [0.05, 0.1) is 6.54 Å². The molecule has 0 spiro atoms. The number of carboxylic acid groups (broad SMARTS) is 1. The van der Waals surface area contributed by atoms with Crippen LogP contribution < -0.4 is 0 Å². The first kappa shape index (κ1) is 10.9. The Morgan fingerprint density at radius 2 is 1.73 bits per heavy atom. The van der Waals surface area contributed by atoms with Crippen molar-refractivity contribution in [2.75, 3.05) is 32.7 Å². The van der Waals surface area contributed by atoms with Crippen molar-refractivity contribution in [3.8, 4) is 0 Å². The molecule has 2 aliphatic rings. The van der Waals surface area contributed by atoms with Crippen LogP contribution in [0.3, 0.4) is 0 Å². The third kappa shape index (κ3) is 2.92. The second kappa shape index (κ2) is 4.94. The molecule has 4 heteroatoms. The van der Waals surface area contributed by atoms with E-state index in [9.17, 15) is 4.79 Å². The van der Waals surface area contributed by atoms with Gasteiger partial charge in [-0.05, 0) is 25.9 Å². The monoisotopic (exact) mass is 212 g/mol. The fraction of sp³-hybridized carbons (Fsp3) is 0.909. The van der Waals surface area contributed by atoms with Gasteiger partial charge in [0.25, 0.3) is 0 Å². The van der Waals surface area contributed by atoms with Crippen molar-refractivity contribution in [2.45, 2.75) is 31.7 Å². The predicted octanol–water partition coefficient (Wildman–Crippen LogP) is 0.631. The van der Waals surface area contributed by atoms with Crippen LogP contribution in [-0.4, -0.2) is 59.6 Å². The van der Waals surface area contributed by atoms with Gasteiger partial charge in [-0.2, -0.15) is 0 Å². The standard InChI is InChI=1S/C11H20N2O2/c14-11(15)9-12-7-10(8-12)13-5-3-1-2-4-6-13/h10H,1-9H2,(H,14,15). The summed E-state index contributed by atoms with van der Waals surface area (Å²) in [5.74, 6) is -0.704. The lowest BCUT2D eigenvalue weighted by molar-refractivity contribution is -0.140. The lowest BCUT2D eigenvalue weighted by Gasteiger charge is -2.44. The van der Waals surface area contributed by atoms with E-state index in [-0.39, 0.29) is 6.54 Å². The molecule has 1 N–H and O–H groups in total. The highest BCUT2D eigenvalue weighted by Gasteiger charge is 2.32. The van der Waals surface area contributed by atoms with Crippen LogP contribution in [0.2, 0.25) is 0 Å². The van der Waals surface area contributed by atoms with Gasteiger partial charge in [0.15, 0.2) is 0 Å². The van der Waals surface area contributed by atoms with Crippen molar-refractivity contribution in [3.05, 3.63) is 0 Å². The average molecular weight is 212 g/mol. The van der Waals surface area contributed by atoms with E-state index >= 15 is 0 Å². The topological polar surface area (TPSA) is 43.8 Å². The van der Waals surface area contributed by atoms with Crippen molar-refractivity contribution in [3.63, 3.8) is 0 Å². The second-order valence-corrected chi connectivity index (χ2v) is 4.69. The molecule has 0 bridgehead atoms. The van der Waals surface area contributed by atoms with Crippen LogP contribution >= 0.6 is 0 Å². The second-order valence-electron chi connectivity index (χ2n) is 4.69. The fourth-order valence-electron chi connectivity index (χ4n) is 2.55. The molecule has 4 nitrogen and oxygen atoms in total. The summed E-state index contributed by atoms with van der Waals surface area (Å²) in [5.41, 5.74) is 0. The number of aliphatic carboxylic acids is 1. The minimum absolute atomic E-state index is 0.213. The molecule has 2 aliphatic heterocycles. The number of hydrogen-bond donors (Lipinski definition) is 1. The molecular formula is C11H20N2O2. The zero-order valence-corrected chi connectivity index (χ0v) is 9.19. The van der Waals surface area contributed by atoms with Gasteiger partial charge in [-0.15, -0.1) is 0 Å². The molecule has 0 saturated carbocycles. The minimum Gasteiger partial charge on any atom is -0.480 e. The quantitative estimate of drug-likeness (QED) is 0.745. The Bertz CT molecular complexity index is 219. The lowest BCUT2D eigenvalue weighted by atomic mass is 10.1. The highest BCUT2D eigenvalue weighted by atomic mass is 16.4. The van der Waals surface area contributed by atoms with Crippen molar-refractivity contribution >= 4 is 5.97 Å². The van der Waals surface area contributed by atoms with Crippen LogP contribution in [0.5, 0.6) is 0 Å². The van der Waals surface area contributed by atoms with Crippen LogP contribution in [-0.2, 0) is 4.79 Å². The fourth-order valence-corrected chi connectivity index (χ4v) is 2.55. The maximum Gasteiger partial charge on any atom is 0.317 e. The Labute approximate surface area is 90.9 Å². The van der Waals surface area contributed by atoms with Gasteiger partial charge in [-0.1, -0.05) is 12.8 Å². The van der Waals surface area contributed by atoms with E-state index in [0.717, 1.165) is 13.1 Å². The molecule has 0 aromatic rings. The summed E-state index contributed by atoms with van der Waals surface area (Å²) in [4.78, 5) is 15.0. The maximum absolute atomic E-state index is 10.5. The molecular weight excluding hydrogens is 192 g/mol. The van der Waals surface area contributed by atoms with Crippen molar-refractivity contribution in [1.29, 1.82) is 0 Å². The third-order valence-corrected chi connectivity index (χ3v) is 3.45. The van der Waals surface area contributed by atoms with Crippen LogP contribution in [0, 0.1) is 0 Å². The number of carbonyl (C=O) groups is 1. The first-order chi connectivity index (χ1) is 7.25. The largest absolute Gasteiger partial charge is 0.480 e. The Morgan fingerprint density at radius 1 is 1.13 bits per heavy atom. The summed E-state index contributed by atoms with van der Waals surface area (Å²) >= 11 is 0. The first-order valence-corrected chi connectivity index (χ1v) is 5.94. The lowest BCUT2D eigenvalue weighted by Crippen LogP contribution is -2.60. The molecule has 0 atom stereocenters. The molecule has 2 heterocycles. The van der Waals surface area contributed by atoms with Crippen molar-refractivity contribution in [1.82, 2.24) is 9.80 Å². The van der Waals surface area contributed by atoms with E-state index in [0.29, 0.717) is 6.04 Å². The Kier molecular flexibility index (Phi) is 3.59. The molecule has 0 radical (unpaired) electrons. The van der Waals surface area contributed by atoms with Gasteiger partial charge in [0.2, 0.25) is 0 Å². The van der Waals surface area contributed by atoms with Crippen LogP contribution in [0.15, 0.2) is 0 Å². The molecule has 2 rings (SSSR count). The molecule has 0 aromatic heterocycles. The Hall–Kier alpha value is -0.610. The van der Waals surface area contributed by atoms with E-state index in [1.807, 2.05) is 4.90 Å². The normalized spacial score (nSPS) is 25.9. The Morgan fingerprint density at radius 3 is 2.27 bits per heavy atom. The third-order valence-electron chi connectivity index (χ3n) is 3.45. The molecule has 0 aromatic carbocycles. The maximum atomic E-state index is 10.5. The van der Waals surface area contributed by atoms with E-state index in [1.165, 1.54) is 38.8 Å². The van der Waals surface area contributed by atoms with Gasteiger partial charge in [0, 0.05) is 19.1 Å². The molecule has 2 saturated heterocycles. The van der Waals surface area contributed by atoms with E-state index < -0.39 is 5.97 Å². The number of nitrogens with zero attached hydrogens (tertiary/aromatic N) is 2. The number of hydrogen-bond acceptors (Lipinski definition) is 3. The van der Waals surface area contributed by atoms with E-state index in [4.69, 9.17) is 5.11 Å². The molecule has 0 unspecified atom stereocenters. The summed E-state index contributed by atoms with van der Waals surface area (Å²) in [6.07, 6.45) is 5.36. The molecule has 86 valence electrons.